The molecule has 0 spiro atoms. The van der Waals surface area contributed by atoms with Crippen molar-refractivity contribution in [3.8, 4) is 0 Å². The van der Waals surface area contributed by atoms with Crippen molar-refractivity contribution in [2.45, 2.75) is 19.5 Å². The van der Waals surface area contributed by atoms with Gasteiger partial charge in [-0.2, -0.15) is 13.2 Å². The van der Waals surface area contributed by atoms with Crippen LogP contribution >= 0.6 is 15.9 Å². The molecule has 9 heavy (non-hydrogen) atoms. The highest BCUT2D eigenvalue weighted by Gasteiger charge is 2.34. The maximum absolute atomic E-state index is 11.6. The second-order valence-electron chi connectivity index (χ2n) is 1.92. The van der Waals surface area contributed by atoms with Gasteiger partial charge in [0.25, 0.3) is 0 Å². The normalized spacial score (nSPS) is 15.7. The molecule has 0 nitrogen and oxygen atoms in total. The summed E-state index contributed by atoms with van der Waals surface area (Å²) in [7, 11) is 0. The zero-order valence-electron chi connectivity index (χ0n) is 5.00. The zero-order valence-corrected chi connectivity index (χ0v) is 6.59. The highest BCUT2D eigenvalue weighted by atomic mass is 79.9. The summed E-state index contributed by atoms with van der Waals surface area (Å²) >= 11 is 2.94. The molecule has 0 N–H and O–H groups in total. The van der Waals surface area contributed by atoms with E-state index in [0.717, 1.165) is 0 Å². The lowest BCUT2D eigenvalue weighted by Crippen LogP contribution is -2.19. The van der Waals surface area contributed by atoms with Gasteiger partial charge < -0.3 is 0 Å². The summed E-state index contributed by atoms with van der Waals surface area (Å²) in [6.07, 6.45) is -3.86. The van der Waals surface area contributed by atoms with Crippen LogP contribution in [0, 0.1) is 5.92 Å². The monoisotopic (exact) mass is 204 g/mol. The highest BCUT2D eigenvalue weighted by molar-refractivity contribution is 9.09. The fourth-order valence-corrected chi connectivity index (χ4v) is 1.01. The number of halogens is 4. The van der Waals surface area contributed by atoms with E-state index >= 15 is 0 Å². The number of hydrogen-bond donors (Lipinski definition) is 0. The van der Waals surface area contributed by atoms with Gasteiger partial charge >= 0.3 is 6.18 Å². The average molecular weight is 205 g/mol. The fourth-order valence-electron chi connectivity index (χ4n) is 0.327. The molecule has 0 amide bonds. The van der Waals surface area contributed by atoms with E-state index in [1.165, 1.54) is 6.92 Å². The molecular formula is C5H8BrF3. The molecule has 0 aromatic carbocycles. The SMILES string of the molecule is CC(CCBr)C(F)(F)F. The van der Waals surface area contributed by atoms with Gasteiger partial charge in [-0.25, -0.2) is 0 Å². The van der Waals surface area contributed by atoms with Crippen molar-refractivity contribution in [1.82, 2.24) is 0 Å². The van der Waals surface area contributed by atoms with E-state index in [1.54, 1.807) is 0 Å². The van der Waals surface area contributed by atoms with Crippen molar-refractivity contribution in [2.75, 3.05) is 5.33 Å². The molecular weight excluding hydrogens is 197 g/mol. The van der Waals surface area contributed by atoms with Crippen LogP contribution in [0.2, 0.25) is 0 Å². The molecule has 0 aliphatic carbocycles. The van der Waals surface area contributed by atoms with Gasteiger partial charge in [0.05, 0.1) is 5.92 Å². The molecule has 0 heterocycles. The zero-order chi connectivity index (χ0) is 7.49. The van der Waals surface area contributed by atoms with Crippen LogP contribution in [0.25, 0.3) is 0 Å². The van der Waals surface area contributed by atoms with Gasteiger partial charge in [-0.05, 0) is 6.42 Å². The van der Waals surface area contributed by atoms with Crippen LogP contribution in [0.15, 0.2) is 0 Å². The molecule has 0 radical (unpaired) electrons. The van der Waals surface area contributed by atoms with Crippen LogP contribution in [0.5, 0.6) is 0 Å². The van der Waals surface area contributed by atoms with Crippen molar-refractivity contribution >= 4 is 15.9 Å². The van der Waals surface area contributed by atoms with E-state index in [9.17, 15) is 13.2 Å². The van der Waals surface area contributed by atoms with Gasteiger partial charge in [-0.15, -0.1) is 0 Å². The Morgan fingerprint density at radius 3 is 2.00 bits per heavy atom. The van der Waals surface area contributed by atoms with E-state index in [-0.39, 0.29) is 6.42 Å². The summed E-state index contributed by atoms with van der Waals surface area (Å²) in [6.45, 7) is 1.18. The van der Waals surface area contributed by atoms with E-state index in [0.29, 0.717) is 5.33 Å². The standard InChI is InChI=1S/C5H8BrF3/c1-4(2-3-6)5(7,8)9/h4H,2-3H2,1H3. The average Bonchev–Trinajstić information content (AvgIpc) is 1.64. The highest BCUT2D eigenvalue weighted by Crippen LogP contribution is 2.28. The van der Waals surface area contributed by atoms with Gasteiger partial charge in [0, 0.05) is 5.33 Å². The molecule has 4 heteroatoms. The van der Waals surface area contributed by atoms with Gasteiger partial charge in [0.15, 0.2) is 0 Å². The van der Waals surface area contributed by atoms with E-state index in [1.807, 2.05) is 0 Å². The summed E-state index contributed by atoms with van der Waals surface area (Å²) in [6, 6.07) is 0. The Bertz CT molecular complexity index is 78.8. The van der Waals surface area contributed by atoms with Crippen LogP contribution in [0.1, 0.15) is 13.3 Å². The topological polar surface area (TPSA) is 0 Å². The van der Waals surface area contributed by atoms with Crippen molar-refractivity contribution in [2.24, 2.45) is 5.92 Å². The van der Waals surface area contributed by atoms with Crippen LogP contribution in [-0.4, -0.2) is 11.5 Å². The molecule has 0 aliphatic rings. The van der Waals surface area contributed by atoms with E-state index in [4.69, 9.17) is 0 Å². The summed E-state index contributed by atoms with van der Waals surface area (Å²) in [5, 5.41) is 0.410. The Morgan fingerprint density at radius 1 is 1.44 bits per heavy atom. The molecule has 1 atom stereocenters. The first kappa shape index (κ1) is 9.27. The molecule has 56 valence electrons. The summed E-state index contributed by atoms with van der Waals surface area (Å²) in [4.78, 5) is 0. The first-order valence-electron chi connectivity index (χ1n) is 2.61. The van der Waals surface area contributed by atoms with E-state index < -0.39 is 12.1 Å². The van der Waals surface area contributed by atoms with Gasteiger partial charge in [-0.3, -0.25) is 0 Å². The minimum absolute atomic E-state index is 0.156. The smallest absolute Gasteiger partial charge is 0.171 e. The van der Waals surface area contributed by atoms with Crippen LogP contribution < -0.4 is 0 Å². The molecule has 0 rings (SSSR count). The second-order valence-corrected chi connectivity index (χ2v) is 2.71. The molecule has 1 unspecified atom stereocenters. The molecule has 0 bridgehead atoms. The minimum Gasteiger partial charge on any atom is -0.171 e. The van der Waals surface area contributed by atoms with Crippen LogP contribution in [0.3, 0.4) is 0 Å². The molecule has 0 aromatic rings. The predicted molar refractivity (Wildman–Crippen MR) is 33.6 cm³/mol. The maximum atomic E-state index is 11.6. The van der Waals surface area contributed by atoms with Gasteiger partial charge in [0.2, 0.25) is 0 Å². The van der Waals surface area contributed by atoms with Gasteiger partial charge in [0.1, 0.15) is 0 Å². The quantitative estimate of drug-likeness (QED) is 0.608. The third-order valence-electron chi connectivity index (χ3n) is 1.10. The molecule has 0 aromatic heterocycles. The Labute approximate surface area is 60.6 Å². The summed E-state index contributed by atoms with van der Waals surface area (Å²) in [5.74, 6) is -1.18. The number of rotatable bonds is 2. The molecule has 0 fully saturated rings. The molecule has 0 saturated carbocycles. The van der Waals surface area contributed by atoms with Crippen molar-refractivity contribution in [1.29, 1.82) is 0 Å². The van der Waals surface area contributed by atoms with Crippen molar-refractivity contribution in [3.63, 3.8) is 0 Å². The third-order valence-corrected chi connectivity index (χ3v) is 1.56. The first-order chi connectivity index (χ1) is 3.98. The van der Waals surface area contributed by atoms with Crippen LogP contribution in [0.4, 0.5) is 13.2 Å². The van der Waals surface area contributed by atoms with Crippen molar-refractivity contribution in [3.05, 3.63) is 0 Å². The summed E-state index contributed by atoms with van der Waals surface area (Å²) in [5.41, 5.74) is 0. The van der Waals surface area contributed by atoms with Gasteiger partial charge in [-0.1, -0.05) is 22.9 Å². The second kappa shape index (κ2) is 3.44. The number of hydrogen-bond acceptors (Lipinski definition) is 0. The largest absolute Gasteiger partial charge is 0.391 e. The lowest BCUT2D eigenvalue weighted by atomic mass is 10.1. The lowest BCUT2D eigenvalue weighted by molar-refractivity contribution is -0.169. The Kier molecular flexibility index (Phi) is 3.54. The maximum Gasteiger partial charge on any atom is 0.391 e. The predicted octanol–water partition coefficient (Wildman–Crippen LogP) is 2.97. The fraction of sp³-hybridized carbons (Fsp3) is 1.00. The van der Waals surface area contributed by atoms with Crippen molar-refractivity contribution < 1.29 is 13.2 Å². The molecule has 0 saturated heterocycles. The minimum atomic E-state index is -4.02. The summed E-state index contributed by atoms with van der Waals surface area (Å²) < 4.78 is 34.8. The van der Waals surface area contributed by atoms with Crippen LogP contribution in [-0.2, 0) is 0 Å². The lowest BCUT2D eigenvalue weighted by Gasteiger charge is -2.12. The number of alkyl halides is 4. The Hall–Kier alpha value is 0.270. The Balaban J connectivity index is 3.59. The Morgan fingerprint density at radius 2 is 1.89 bits per heavy atom. The first-order valence-corrected chi connectivity index (χ1v) is 3.73. The third kappa shape index (κ3) is 3.78. The molecule has 0 aliphatic heterocycles. The van der Waals surface area contributed by atoms with E-state index in [2.05, 4.69) is 15.9 Å².